The summed E-state index contributed by atoms with van der Waals surface area (Å²) >= 11 is 0. The van der Waals surface area contributed by atoms with Crippen LogP contribution in [0.25, 0.3) is 0 Å². The second-order valence-corrected chi connectivity index (χ2v) is 8.23. The summed E-state index contributed by atoms with van der Waals surface area (Å²) < 4.78 is 5.54. The minimum Gasteiger partial charge on any atom is -0.377 e. The Morgan fingerprint density at radius 1 is 1.07 bits per heavy atom. The van der Waals surface area contributed by atoms with Crippen LogP contribution in [0.4, 0.5) is 0 Å². The molecular formula is C25H32N2O3. The number of carbonyl (C=O) groups is 2. The maximum atomic E-state index is 13.2. The molecule has 3 rings (SSSR count). The molecular weight excluding hydrogens is 376 g/mol. The first kappa shape index (κ1) is 22.0. The fraction of sp³-hybridized carbons (Fsp3) is 0.440. The van der Waals surface area contributed by atoms with E-state index in [4.69, 9.17) is 4.74 Å². The van der Waals surface area contributed by atoms with Gasteiger partial charge in [-0.15, -0.1) is 0 Å². The van der Waals surface area contributed by atoms with Crippen LogP contribution in [0, 0.1) is 5.92 Å². The lowest BCUT2D eigenvalue weighted by atomic mass is 9.92. The third-order valence-electron chi connectivity index (χ3n) is 5.49. The van der Waals surface area contributed by atoms with E-state index in [1.165, 1.54) is 0 Å². The number of hydrogen-bond acceptors (Lipinski definition) is 3. The van der Waals surface area contributed by atoms with E-state index < -0.39 is 6.04 Å². The average Bonchev–Trinajstić information content (AvgIpc) is 2.75. The highest BCUT2D eigenvalue weighted by atomic mass is 16.5. The molecule has 1 unspecified atom stereocenters. The molecule has 0 aromatic heterocycles. The number of carbonyl (C=O) groups excluding carboxylic acids is 2. The summed E-state index contributed by atoms with van der Waals surface area (Å²) in [5.74, 6) is 0.188. The topological polar surface area (TPSA) is 58.6 Å². The molecule has 2 aromatic rings. The van der Waals surface area contributed by atoms with Crippen molar-refractivity contribution in [1.29, 1.82) is 0 Å². The zero-order valence-corrected chi connectivity index (χ0v) is 18.2. The lowest BCUT2D eigenvalue weighted by Crippen LogP contribution is -2.52. The summed E-state index contributed by atoms with van der Waals surface area (Å²) in [6, 6.07) is 15.6. The highest BCUT2D eigenvalue weighted by Crippen LogP contribution is 2.25. The number of amides is 2. The van der Waals surface area contributed by atoms with E-state index in [0.29, 0.717) is 39.1 Å². The van der Waals surface area contributed by atoms with E-state index in [1.807, 2.05) is 63.2 Å². The van der Waals surface area contributed by atoms with E-state index in [0.717, 1.165) is 22.3 Å². The van der Waals surface area contributed by atoms with Crippen molar-refractivity contribution in [3.8, 4) is 0 Å². The van der Waals surface area contributed by atoms with Crippen molar-refractivity contribution in [1.82, 2.24) is 10.2 Å². The van der Waals surface area contributed by atoms with Crippen molar-refractivity contribution in [3.63, 3.8) is 0 Å². The van der Waals surface area contributed by atoms with E-state index >= 15 is 0 Å². The zero-order valence-electron chi connectivity index (χ0n) is 18.2. The van der Waals surface area contributed by atoms with Gasteiger partial charge in [-0.1, -0.05) is 62.4 Å². The normalized spacial score (nSPS) is 15.7. The summed E-state index contributed by atoms with van der Waals surface area (Å²) in [6.07, 6.45) is 0.996. The predicted octanol–water partition coefficient (Wildman–Crippen LogP) is 3.84. The highest BCUT2D eigenvalue weighted by Gasteiger charge is 2.34. The molecule has 30 heavy (non-hydrogen) atoms. The van der Waals surface area contributed by atoms with Gasteiger partial charge in [0.1, 0.15) is 6.04 Å². The molecule has 0 saturated heterocycles. The molecule has 0 radical (unpaired) electrons. The number of nitrogens with zero attached hydrogens (tertiary/aromatic N) is 1. The van der Waals surface area contributed by atoms with E-state index in [2.05, 4.69) is 11.4 Å². The van der Waals surface area contributed by atoms with Crippen molar-refractivity contribution in [2.24, 2.45) is 5.92 Å². The summed E-state index contributed by atoms with van der Waals surface area (Å²) in [5.41, 5.74) is 4.38. The van der Waals surface area contributed by atoms with Gasteiger partial charge in [0.25, 0.3) is 0 Å². The fourth-order valence-corrected chi connectivity index (χ4v) is 3.87. The third kappa shape index (κ3) is 5.48. The first-order valence-electron chi connectivity index (χ1n) is 10.8. The van der Waals surface area contributed by atoms with Crippen LogP contribution in [0.15, 0.2) is 48.5 Å². The van der Waals surface area contributed by atoms with E-state index in [1.54, 1.807) is 4.90 Å². The second kappa shape index (κ2) is 10.4. The van der Waals surface area contributed by atoms with Gasteiger partial charge in [-0.2, -0.15) is 0 Å². The van der Waals surface area contributed by atoms with Crippen LogP contribution in [0.3, 0.4) is 0 Å². The number of rotatable bonds is 8. The molecule has 1 atom stereocenters. The summed E-state index contributed by atoms with van der Waals surface area (Å²) in [6.45, 7) is 8.11. The molecule has 2 amide bonds. The molecule has 1 heterocycles. The maximum Gasteiger partial charge on any atom is 0.243 e. The molecule has 1 N–H and O–H groups in total. The van der Waals surface area contributed by atoms with Crippen LogP contribution in [0.5, 0.6) is 0 Å². The standard InChI is InChI=1S/C25H32N2O3/c1-4-30-17-22-12-8-6-10-20(22)15-26-25(29)23-14-19-9-5-7-11-21(19)16-27(23)24(28)13-18(2)3/h5-12,18,23H,4,13-17H2,1-3H3,(H,26,29). The lowest BCUT2D eigenvalue weighted by Gasteiger charge is -2.36. The molecule has 1 aliphatic heterocycles. The lowest BCUT2D eigenvalue weighted by molar-refractivity contribution is -0.142. The van der Waals surface area contributed by atoms with E-state index in [9.17, 15) is 9.59 Å². The molecule has 0 aliphatic carbocycles. The molecule has 0 bridgehead atoms. The van der Waals surface area contributed by atoms with Crippen LogP contribution in [-0.2, 0) is 40.4 Å². The van der Waals surface area contributed by atoms with Crippen LogP contribution in [0.1, 0.15) is 49.4 Å². The van der Waals surface area contributed by atoms with Gasteiger partial charge in [0.2, 0.25) is 11.8 Å². The first-order valence-corrected chi connectivity index (χ1v) is 10.8. The van der Waals surface area contributed by atoms with Crippen molar-refractivity contribution < 1.29 is 14.3 Å². The van der Waals surface area contributed by atoms with Gasteiger partial charge >= 0.3 is 0 Å². The summed E-state index contributed by atoms with van der Waals surface area (Å²) in [5, 5.41) is 3.07. The molecule has 1 aliphatic rings. The minimum atomic E-state index is -0.481. The van der Waals surface area contributed by atoms with Crippen molar-refractivity contribution >= 4 is 11.8 Å². The highest BCUT2D eigenvalue weighted by molar-refractivity contribution is 5.88. The predicted molar refractivity (Wildman–Crippen MR) is 118 cm³/mol. The van der Waals surface area contributed by atoms with Crippen molar-refractivity contribution in [2.45, 2.75) is 59.4 Å². The first-order chi connectivity index (χ1) is 14.5. The molecule has 0 saturated carbocycles. The Balaban J connectivity index is 1.74. The molecule has 160 valence electrons. The van der Waals surface area contributed by atoms with Gasteiger partial charge in [0.05, 0.1) is 6.61 Å². The van der Waals surface area contributed by atoms with Gasteiger partial charge in [0.15, 0.2) is 0 Å². The average molecular weight is 409 g/mol. The molecule has 0 spiro atoms. The monoisotopic (exact) mass is 408 g/mol. The number of fused-ring (bicyclic) bond motifs is 1. The van der Waals surface area contributed by atoms with Gasteiger partial charge in [-0.05, 0) is 35.1 Å². The molecule has 2 aromatic carbocycles. The number of benzene rings is 2. The Morgan fingerprint density at radius 2 is 1.73 bits per heavy atom. The number of hydrogen-bond donors (Lipinski definition) is 1. The molecule has 5 nitrogen and oxygen atoms in total. The smallest absolute Gasteiger partial charge is 0.243 e. The van der Waals surface area contributed by atoms with Gasteiger partial charge in [-0.3, -0.25) is 9.59 Å². The Labute approximate surface area is 179 Å². The maximum absolute atomic E-state index is 13.2. The van der Waals surface area contributed by atoms with Crippen LogP contribution in [-0.4, -0.2) is 29.4 Å². The van der Waals surface area contributed by atoms with Gasteiger partial charge in [0, 0.05) is 32.5 Å². The fourth-order valence-electron chi connectivity index (χ4n) is 3.87. The Kier molecular flexibility index (Phi) is 7.63. The number of ether oxygens (including phenoxy) is 1. The van der Waals surface area contributed by atoms with Gasteiger partial charge < -0.3 is 15.0 Å². The molecule has 0 fully saturated rings. The summed E-state index contributed by atoms with van der Waals surface area (Å²) in [7, 11) is 0. The van der Waals surface area contributed by atoms with Crippen molar-refractivity contribution in [2.75, 3.05) is 6.61 Å². The van der Waals surface area contributed by atoms with Crippen LogP contribution >= 0.6 is 0 Å². The Hall–Kier alpha value is -2.66. The van der Waals surface area contributed by atoms with Crippen molar-refractivity contribution in [3.05, 3.63) is 70.8 Å². The van der Waals surface area contributed by atoms with Crippen LogP contribution in [0.2, 0.25) is 0 Å². The Morgan fingerprint density at radius 3 is 2.43 bits per heavy atom. The quantitative estimate of drug-likeness (QED) is 0.722. The van der Waals surface area contributed by atoms with Gasteiger partial charge in [-0.25, -0.2) is 0 Å². The van der Waals surface area contributed by atoms with Crippen LogP contribution < -0.4 is 5.32 Å². The summed E-state index contributed by atoms with van der Waals surface area (Å²) in [4.78, 5) is 27.8. The minimum absolute atomic E-state index is 0.0383. The second-order valence-electron chi connectivity index (χ2n) is 8.23. The zero-order chi connectivity index (χ0) is 21.5. The Bertz CT molecular complexity index is 878. The SMILES string of the molecule is CCOCc1ccccc1CNC(=O)C1Cc2ccccc2CN1C(=O)CC(C)C. The third-order valence-corrected chi connectivity index (χ3v) is 5.49. The largest absolute Gasteiger partial charge is 0.377 e. The number of nitrogens with one attached hydrogen (secondary N) is 1. The van der Waals surface area contributed by atoms with E-state index in [-0.39, 0.29) is 17.7 Å². The molecule has 5 heteroatoms.